The number of carbonyl (C=O) groups excluding carboxylic acids is 1. The van der Waals surface area contributed by atoms with Crippen LogP contribution in [0, 0.1) is 0 Å². The van der Waals surface area contributed by atoms with Crippen LogP contribution in [0.25, 0.3) is 0 Å². The summed E-state index contributed by atoms with van der Waals surface area (Å²) in [6.07, 6.45) is 3.17. The Morgan fingerprint density at radius 3 is 2.48 bits per heavy atom. The highest BCUT2D eigenvalue weighted by molar-refractivity contribution is 5.81. The number of methoxy groups -OCH3 is 2. The number of nitrogens with one attached hydrogen (secondary N) is 1. The van der Waals surface area contributed by atoms with Crippen LogP contribution >= 0.6 is 0 Å². The van der Waals surface area contributed by atoms with Crippen molar-refractivity contribution in [1.82, 2.24) is 10.2 Å². The predicted octanol–water partition coefficient (Wildman–Crippen LogP) is 1.85. The van der Waals surface area contributed by atoms with Crippen LogP contribution in [0.15, 0.2) is 24.3 Å². The Hall–Kier alpha value is -1.59. The number of nitrogens with zero attached hydrogens (tertiary/aromatic N) is 1. The lowest BCUT2D eigenvalue weighted by Gasteiger charge is -2.34. The Morgan fingerprint density at radius 1 is 1.26 bits per heavy atom. The van der Waals surface area contributed by atoms with Crippen molar-refractivity contribution in [2.24, 2.45) is 0 Å². The molecule has 1 unspecified atom stereocenters. The highest BCUT2D eigenvalue weighted by atomic mass is 16.5. The van der Waals surface area contributed by atoms with Crippen molar-refractivity contribution in [3.8, 4) is 5.75 Å². The standard InChI is InChI=1S/C18H28N2O3/c1-14(20-12-9-17(23-3)10-13-20)18(21)19-11-8-15-4-6-16(22-2)7-5-15/h4-7,14,17H,8-13H2,1-3H3,(H,19,21). The highest BCUT2D eigenvalue weighted by Crippen LogP contribution is 2.15. The molecule has 1 atom stereocenters. The second-order valence-corrected chi connectivity index (χ2v) is 6.04. The summed E-state index contributed by atoms with van der Waals surface area (Å²) in [5.41, 5.74) is 1.19. The van der Waals surface area contributed by atoms with Gasteiger partial charge in [0, 0.05) is 26.7 Å². The molecule has 23 heavy (non-hydrogen) atoms. The van der Waals surface area contributed by atoms with Gasteiger partial charge in [0.05, 0.1) is 19.3 Å². The zero-order valence-corrected chi connectivity index (χ0v) is 14.4. The normalized spacial score (nSPS) is 17.7. The first-order valence-electron chi connectivity index (χ1n) is 8.31. The monoisotopic (exact) mass is 320 g/mol. The molecule has 128 valence electrons. The zero-order valence-electron chi connectivity index (χ0n) is 14.4. The number of rotatable bonds is 7. The number of carbonyl (C=O) groups is 1. The summed E-state index contributed by atoms with van der Waals surface area (Å²) in [5, 5.41) is 3.04. The number of hydrogen-bond donors (Lipinski definition) is 1. The van der Waals surface area contributed by atoms with Gasteiger partial charge in [0.15, 0.2) is 0 Å². The van der Waals surface area contributed by atoms with Crippen LogP contribution in [-0.4, -0.2) is 56.8 Å². The van der Waals surface area contributed by atoms with Crippen molar-refractivity contribution in [2.45, 2.75) is 38.3 Å². The molecule has 2 rings (SSSR count). The van der Waals surface area contributed by atoms with E-state index < -0.39 is 0 Å². The van der Waals surface area contributed by atoms with Crippen molar-refractivity contribution in [2.75, 3.05) is 33.9 Å². The maximum atomic E-state index is 12.3. The summed E-state index contributed by atoms with van der Waals surface area (Å²) in [5.74, 6) is 0.959. The first kappa shape index (κ1) is 17.8. The molecule has 1 N–H and O–H groups in total. The van der Waals surface area contributed by atoms with E-state index in [1.165, 1.54) is 5.56 Å². The van der Waals surface area contributed by atoms with Crippen molar-refractivity contribution < 1.29 is 14.3 Å². The van der Waals surface area contributed by atoms with Crippen LogP contribution in [0.4, 0.5) is 0 Å². The molecule has 5 nitrogen and oxygen atoms in total. The minimum absolute atomic E-state index is 0.0799. The van der Waals surface area contributed by atoms with Crippen LogP contribution in [0.3, 0.4) is 0 Å². The van der Waals surface area contributed by atoms with E-state index in [1.807, 2.05) is 31.2 Å². The van der Waals surface area contributed by atoms with Gasteiger partial charge in [0.25, 0.3) is 0 Å². The number of benzene rings is 1. The molecule has 1 amide bonds. The molecule has 1 fully saturated rings. The summed E-state index contributed by atoms with van der Waals surface area (Å²) in [6.45, 7) is 4.48. The molecule has 0 saturated carbocycles. The molecule has 1 saturated heterocycles. The molecule has 1 aliphatic rings. The fourth-order valence-electron chi connectivity index (χ4n) is 2.93. The molecule has 0 aromatic heterocycles. The summed E-state index contributed by atoms with van der Waals surface area (Å²) in [4.78, 5) is 14.5. The van der Waals surface area contributed by atoms with Gasteiger partial charge in [-0.3, -0.25) is 9.69 Å². The molecule has 1 aliphatic heterocycles. The van der Waals surface area contributed by atoms with Crippen molar-refractivity contribution >= 4 is 5.91 Å². The van der Waals surface area contributed by atoms with Gasteiger partial charge in [0.2, 0.25) is 5.91 Å². The van der Waals surface area contributed by atoms with Gasteiger partial charge in [-0.05, 0) is 43.9 Å². The lowest BCUT2D eigenvalue weighted by molar-refractivity contribution is -0.126. The van der Waals surface area contributed by atoms with E-state index in [0.29, 0.717) is 12.6 Å². The van der Waals surface area contributed by atoms with Crippen molar-refractivity contribution in [3.05, 3.63) is 29.8 Å². The van der Waals surface area contributed by atoms with Crippen LogP contribution < -0.4 is 10.1 Å². The van der Waals surface area contributed by atoms with Crippen LogP contribution in [0.1, 0.15) is 25.3 Å². The predicted molar refractivity (Wildman–Crippen MR) is 90.8 cm³/mol. The van der Waals surface area contributed by atoms with Crippen molar-refractivity contribution in [3.63, 3.8) is 0 Å². The maximum absolute atomic E-state index is 12.3. The molecule has 0 spiro atoms. The number of piperidine rings is 1. The minimum Gasteiger partial charge on any atom is -0.497 e. The highest BCUT2D eigenvalue weighted by Gasteiger charge is 2.26. The molecule has 1 aromatic rings. The van der Waals surface area contributed by atoms with Crippen LogP contribution in [0.5, 0.6) is 5.75 Å². The summed E-state index contributed by atoms with van der Waals surface area (Å²) >= 11 is 0. The summed E-state index contributed by atoms with van der Waals surface area (Å²) < 4.78 is 10.5. The van der Waals surface area contributed by atoms with Gasteiger partial charge in [-0.25, -0.2) is 0 Å². The molecule has 0 bridgehead atoms. The van der Waals surface area contributed by atoms with Gasteiger partial charge >= 0.3 is 0 Å². The maximum Gasteiger partial charge on any atom is 0.237 e. The third kappa shape index (κ3) is 5.22. The second kappa shape index (κ2) is 8.89. The number of hydrogen-bond acceptors (Lipinski definition) is 4. The lowest BCUT2D eigenvalue weighted by atomic mass is 10.1. The SMILES string of the molecule is COc1ccc(CCNC(=O)C(C)N2CCC(OC)CC2)cc1. The Kier molecular flexibility index (Phi) is 6.86. The van der Waals surface area contributed by atoms with Crippen LogP contribution in [0.2, 0.25) is 0 Å². The topological polar surface area (TPSA) is 50.8 Å². The third-order valence-corrected chi connectivity index (χ3v) is 4.61. The van der Waals surface area contributed by atoms with E-state index in [9.17, 15) is 4.79 Å². The summed E-state index contributed by atoms with van der Waals surface area (Å²) in [7, 11) is 3.42. The Labute approximate surface area is 139 Å². The number of likely N-dealkylation sites (tertiary alicyclic amines) is 1. The van der Waals surface area contributed by atoms with Gasteiger partial charge in [-0.2, -0.15) is 0 Å². The Bertz CT molecular complexity index is 482. The van der Waals surface area contributed by atoms with Gasteiger partial charge in [-0.1, -0.05) is 12.1 Å². The molecular formula is C18H28N2O3. The smallest absolute Gasteiger partial charge is 0.237 e. The largest absolute Gasteiger partial charge is 0.497 e. The van der Waals surface area contributed by atoms with Gasteiger partial charge < -0.3 is 14.8 Å². The lowest BCUT2D eigenvalue weighted by Crippen LogP contribution is -2.49. The van der Waals surface area contributed by atoms with E-state index >= 15 is 0 Å². The molecule has 5 heteroatoms. The number of ether oxygens (including phenoxy) is 2. The van der Waals surface area contributed by atoms with Gasteiger partial charge in [0.1, 0.15) is 5.75 Å². The molecule has 0 aliphatic carbocycles. The van der Waals surface area contributed by atoms with Gasteiger partial charge in [-0.15, -0.1) is 0 Å². The van der Waals surface area contributed by atoms with E-state index in [1.54, 1.807) is 14.2 Å². The summed E-state index contributed by atoms with van der Waals surface area (Å²) in [6, 6.07) is 7.87. The van der Waals surface area contributed by atoms with Crippen LogP contribution in [-0.2, 0) is 16.0 Å². The molecule has 1 aromatic carbocycles. The fraction of sp³-hybridized carbons (Fsp3) is 0.611. The Morgan fingerprint density at radius 2 is 1.91 bits per heavy atom. The third-order valence-electron chi connectivity index (χ3n) is 4.61. The molecule has 1 heterocycles. The van der Waals surface area contributed by atoms with E-state index in [2.05, 4.69) is 10.2 Å². The first-order chi connectivity index (χ1) is 11.1. The average molecular weight is 320 g/mol. The van der Waals surface area contributed by atoms with Crippen molar-refractivity contribution in [1.29, 1.82) is 0 Å². The quantitative estimate of drug-likeness (QED) is 0.833. The Balaban J connectivity index is 1.71. The molecule has 0 radical (unpaired) electrons. The number of amides is 1. The fourth-order valence-corrected chi connectivity index (χ4v) is 2.93. The minimum atomic E-state index is -0.0799. The van der Waals surface area contributed by atoms with E-state index in [0.717, 1.165) is 38.1 Å². The zero-order chi connectivity index (χ0) is 16.7. The average Bonchev–Trinajstić information content (AvgIpc) is 2.61. The van der Waals surface area contributed by atoms with E-state index in [-0.39, 0.29) is 11.9 Å². The van der Waals surface area contributed by atoms with E-state index in [4.69, 9.17) is 9.47 Å². The first-order valence-corrected chi connectivity index (χ1v) is 8.31. The molecular weight excluding hydrogens is 292 g/mol. The second-order valence-electron chi connectivity index (χ2n) is 6.04.